The summed E-state index contributed by atoms with van der Waals surface area (Å²) in [5.41, 5.74) is 0.849. The first-order valence-corrected chi connectivity index (χ1v) is 9.21. The Bertz CT molecular complexity index is 772. The van der Waals surface area contributed by atoms with Gasteiger partial charge in [-0.15, -0.1) is 0 Å². The molecule has 8 nitrogen and oxygen atoms in total. The zero-order valence-electron chi connectivity index (χ0n) is 15.8. The molecule has 2 aromatic rings. The van der Waals surface area contributed by atoms with Crippen LogP contribution >= 0.6 is 0 Å². The summed E-state index contributed by atoms with van der Waals surface area (Å²) < 4.78 is 16.1. The lowest BCUT2D eigenvalue weighted by atomic mass is 10.1. The molecule has 3 rings (SSSR count). The molecule has 1 aliphatic rings. The Morgan fingerprint density at radius 2 is 1.93 bits per heavy atom. The number of hydrogen-bond donors (Lipinski definition) is 2. The number of nitrogens with one attached hydrogen (secondary N) is 2. The molecular weight excluding hydrogens is 362 g/mol. The number of carbonyl (C=O) groups excluding carboxylic acids is 2. The second-order valence-corrected chi connectivity index (χ2v) is 6.42. The third-order valence-corrected chi connectivity index (χ3v) is 4.61. The predicted octanol–water partition coefficient (Wildman–Crippen LogP) is 1.09. The summed E-state index contributed by atoms with van der Waals surface area (Å²) >= 11 is 0. The van der Waals surface area contributed by atoms with Gasteiger partial charge in [-0.3, -0.25) is 14.5 Å². The fourth-order valence-electron chi connectivity index (χ4n) is 3.09. The molecule has 0 unspecified atom stereocenters. The summed E-state index contributed by atoms with van der Waals surface area (Å²) in [6.07, 6.45) is 1.60. The second kappa shape index (κ2) is 9.91. The van der Waals surface area contributed by atoms with Crippen molar-refractivity contribution in [1.82, 2.24) is 15.5 Å². The molecule has 8 heteroatoms. The quantitative estimate of drug-likeness (QED) is 0.691. The third kappa shape index (κ3) is 5.34. The summed E-state index contributed by atoms with van der Waals surface area (Å²) in [4.78, 5) is 26.5. The lowest BCUT2D eigenvalue weighted by Crippen LogP contribution is -2.46. The molecule has 0 spiro atoms. The number of nitrogens with zero attached hydrogens (tertiary/aromatic N) is 1. The van der Waals surface area contributed by atoms with Crippen LogP contribution in [0.1, 0.15) is 17.4 Å². The molecule has 0 saturated carbocycles. The fourth-order valence-corrected chi connectivity index (χ4v) is 3.09. The zero-order valence-corrected chi connectivity index (χ0v) is 15.8. The Morgan fingerprint density at radius 3 is 2.64 bits per heavy atom. The SMILES string of the molecule is COc1cccc(CNC(=O)C(=O)NC[C@H](c2ccco2)N2CCOCC2)c1. The highest BCUT2D eigenvalue weighted by molar-refractivity contribution is 6.35. The van der Waals surface area contributed by atoms with Crippen molar-refractivity contribution in [2.75, 3.05) is 40.0 Å². The third-order valence-electron chi connectivity index (χ3n) is 4.61. The second-order valence-electron chi connectivity index (χ2n) is 6.42. The fraction of sp³-hybridized carbons (Fsp3) is 0.400. The van der Waals surface area contributed by atoms with Gasteiger partial charge in [-0.25, -0.2) is 0 Å². The van der Waals surface area contributed by atoms with Gasteiger partial charge < -0.3 is 24.5 Å². The van der Waals surface area contributed by atoms with Gasteiger partial charge in [-0.1, -0.05) is 12.1 Å². The normalized spacial score (nSPS) is 15.6. The van der Waals surface area contributed by atoms with E-state index in [0.717, 1.165) is 24.4 Å². The highest BCUT2D eigenvalue weighted by Gasteiger charge is 2.26. The minimum atomic E-state index is -0.678. The molecule has 2 amide bonds. The van der Waals surface area contributed by atoms with Crippen molar-refractivity contribution in [2.45, 2.75) is 12.6 Å². The van der Waals surface area contributed by atoms with Crippen LogP contribution in [-0.2, 0) is 20.9 Å². The van der Waals surface area contributed by atoms with Crippen molar-refractivity contribution >= 4 is 11.8 Å². The average molecular weight is 387 g/mol. The van der Waals surface area contributed by atoms with Crippen molar-refractivity contribution < 1.29 is 23.5 Å². The highest BCUT2D eigenvalue weighted by Crippen LogP contribution is 2.21. The van der Waals surface area contributed by atoms with E-state index in [9.17, 15) is 9.59 Å². The molecule has 0 radical (unpaired) electrons. The number of furan rings is 1. The van der Waals surface area contributed by atoms with Gasteiger partial charge in [0.05, 0.1) is 32.6 Å². The number of morpholine rings is 1. The molecule has 28 heavy (non-hydrogen) atoms. The molecule has 1 aromatic carbocycles. The van der Waals surface area contributed by atoms with Crippen molar-refractivity contribution in [3.05, 3.63) is 54.0 Å². The standard InChI is InChI=1S/C20H25N3O5/c1-26-16-5-2-4-15(12-16)13-21-19(24)20(25)22-14-17(18-6-3-9-28-18)23-7-10-27-11-8-23/h2-6,9,12,17H,7-8,10-11,13-14H2,1H3,(H,21,24)(H,22,25)/t17-/m1/s1. The highest BCUT2D eigenvalue weighted by atomic mass is 16.5. The number of benzene rings is 1. The van der Waals surface area contributed by atoms with Gasteiger partial charge in [-0.05, 0) is 29.8 Å². The smallest absolute Gasteiger partial charge is 0.309 e. The molecule has 150 valence electrons. The van der Waals surface area contributed by atoms with E-state index in [4.69, 9.17) is 13.9 Å². The molecule has 2 heterocycles. The van der Waals surface area contributed by atoms with E-state index < -0.39 is 11.8 Å². The number of methoxy groups -OCH3 is 1. The number of hydrogen-bond acceptors (Lipinski definition) is 6. The van der Waals surface area contributed by atoms with Crippen LogP contribution in [0.25, 0.3) is 0 Å². The summed E-state index contributed by atoms with van der Waals surface area (Å²) in [6, 6.07) is 10.8. The minimum Gasteiger partial charge on any atom is -0.497 e. The Kier molecular flexibility index (Phi) is 7.05. The summed E-state index contributed by atoms with van der Waals surface area (Å²) in [5, 5.41) is 5.33. The number of ether oxygens (including phenoxy) is 2. The van der Waals surface area contributed by atoms with Crippen LogP contribution < -0.4 is 15.4 Å². The topological polar surface area (TPSA) is 93.0 Å². The van der Waals surface area contributed by atoms with Crippen molar-refractivity contribution in [2.24, 2.45) is 0 Å². The van der Waals surface area contributed by atoms with Gasteiger partial charge in [0.1, 0.15) is 11.5 Å². The zero-order chi connectivity index (χ0) is 19.8. The molecule has 1 aromatic heterocycles. The molecule has 1 atom stereocenters. The number of amides is 2. The average Bonchev–Trinajstić information content (AvgIpc) is 3.27. The summed E-state index contributed by atoms with van der Waals surface area (Å²) in [5.74, 6) is 0.0951. The van der Waals surface area contributed by atoms with Crippen LogP contribution in [0.2, 0.25) is 0 Å². The van der Waals surface area contributed by atoms with Crippen molar-refractivity contribution in [3.8, 4) is 5.75 Å². The molecule has 0 aliphatic carbocycles. The van der Waals surface area contributed by atoms with E-state index in [-0.39, 0.29) is 19.1 Å². The van der Waals surface area contributed by atoms with Crippen molar-refractivity contribution in [3.63, 3.8) is 0 Å². The summed E-state index contributed by atoms with van der Waals surface area (Å²) in [7, 11) is 1.58. The molecule has 1 fully saturated rings. The van der Waals surface area contributed by atoms with Crippen LogP contribution in [0.15, 0.2) is 47.1 Å². The van der Waals surface area contributed by atoms with Crippen LogP contribution in [0.5, 0.6) is 5.75 Å². The van der Waals surface area contributed by atoms with E-state index in [1.165, 1.54) is 0 Å². The van der Waals surface area contributed by atoms with Crippen LogP contribution in [0, 0.1) is 0 Å². The van der Waals surface area contributed by atoms with E-state index >= 15 is 0 Å². The summed E-state index contributed by atoms with van der Waals surface area (Å²) in [6.45, 7) is 3.26. The van der Waals surface area contributed by atoms with Gasteiger partial charge in [0.15, 0.2) is 0 Å². The minimum absolute atomic E-state index is 0.144. The van der Waals surface area contributed by atoms with E-state index in [1.54, 1.807) is 13.4 Å². The van der Waals surface area contributed by atoms with E-state index in [0.29, 0.717) is 19.0 Å². The van der Waals surface area contributed by atoms with Gasteiger partial charge in [0.2, 0.25) is 0 Å². The Balaban J connectivity index is 1.52. The Morgan fingerprint density at radius 1 is 1.14 bits per heavy atom. The van der Waals surface area contributed by atoms with E-state index in [1.807, 2.05) is 36.4 Å². The number of rotatable bonds is 7. The Hall–Kier alpha value is -2.84. The maximum atomic E-state index is 12.2. The van der Waals surface area contributed by atoms with Gasteiger partial charge in [0, 0.05) is 26.2 Å². The van der Waals surface area contributed by atoms with Crippen LogP contribution in [0.4, 0.5) is 0 Å². The first-order valence-electron chi connectivity index (χ1n) is 9.21. The number of carbonyl (C=O) groups is 2. The van der Waals surface area contributed by atoms with Gasteiger partial charge in [-0.2, -0.15) is 0 Å². The molecule has 1 aliphatic heterocycles. The monoisotopic (exact) mass is 387 g/mol. The molecule has 1 saturated heterocycles. The molecule has 2 N–H and O–H groups in total. The van der Waals surface area contributed by atoms with Gasteiger partial charge >= 0.3 is 11.8 Å². The molecular formula is C20H25N3O5. The molecule has 0 bridgehead atoms. The first kappa shape index (κ1) is 19.9. The van der Waals surface area contributed by atoms with Gasteiger partial charge in [0.25, 0.3) is 0 Å². The Labute approximate surface area is 163 Å². The largest absolute Gasteiger partial charge is 0.497 e. The lowest BCUT2D eigenvalue weighted by molar-refractivity contribution is -0.139. The van der Waals surface area contributed by atoms with Crippen LogP contribution in [0.3, 0.4) is 0 Å². The first-order chi connectivity index (χ1) is 13.7. The lowest BCUT2D eigenvalue weighted by Gasteiger charge is -2.33. The maximum absolute atomic E-state index is 12.2. The maximum Gasteiger partial charge on any atom is 0.309 e. The van der Waals surface area contributed by atoms with E-state index in [2.05, 4.69) is 15.5 Å². The van der Waals surface area contributed by atoms with Crippen LogP contribution in [-0.4, -0.2) is 56.7 Å². The van der Waals surface area contributed by atoms with Crippen molar-refractivity contribution in [1.29, 1.82) is 0 Å². The predicted molar refractivity (Wildman–Crippen MR) is 102 cm³/mol.